The molecule has 96 valence electrons. The van der Waals surface area contributed by atoms with Gasteiger partial charge in [-0.1, -0.05) is 11.6 Å². The number of aliphatic hydroxyl groups excluding tert-OH is 1. The number of aromatic hydroxyl groups is 1. The third kappa shape index (κ3) is 3.15. The fraction of sp³-hybridized carbons (Fsp3) is 0.250. The minimum atomic E-state index is 0.0518. The molecule has 1 aromatic heterocycles. The van der Waals surface area contributed by atoms with Gasteiger partial charge in [0, 0.05) is 23.3 Å². The summed E-state index contributed by atoms with van der Waals surface area (Å²) in [6, 6.07) is 4.91. The van der Waals surface area contributed by atoms with E-state index in [0.717, 1.165) is 11.3 Å². The van der Waals surface area contributed by atoms with E-state index in [2.05, 4.69) is 10.4 Å². The molecule has 0 saturated carbocycles. The second-order valence-corrected chi connectivity index (χ2v) is 4.28. The fourth-order valence-corrected chi connectivity index (χ4v) is 1.77. The third-order valence-corrected chi connectivity index (χ3v) is 2.72. The Morgan fingerprint density at radius 2 is 2.22 bits per heavy atom. The monoisotopic (exact) mass is 267 g/mol. The molecule has 0 atom stereocenters. The van der Waals surface area contributed by atoms with Gasteiger partial charge in [-0.15, -0.1) is 0 Å². The first-order chi connectivity index (χ1) is 8.69. The molecule has 0 unspecified atom stereocenters. The van der Waals surface area contributed by atoms with Crippen LogP contribution < -0.4 is 5.32 Å². The molecule has 1 aromatic carbocycles. The van der Waals surface area contributed by atoms with Crippen molar-refractivity contribution in [2.45, 2.75) is 13.1 Å². The van der Waals surface area contributed by atoms with E-state index in [-0.39, 0.29) is 12.4 Å². The van der Waals surface area contributed by atoms with E-state index < -0.39 is 0 Å². The summed E-state index contributed by atoms with van der Waals surface area (Å²) in [5.74, 6) is 0.203. The van der Waals surface area contributed by atoms with Gasteiger partial charge in [0.25, 0.3) is 0 Å². The van der Waals surface area contributed by atoms with Crippen LogP contribution in [-0.4, -0.2) is 26.6 Å². The van der Waals surface area contributed by atoms with Crippen molar-refractivity contribution >= 4 is 17.3 Å². The molecule has 0 aliphatic heterocycles. The van der Waals surface area contributed by atoms with E-state index >= 15 is 0 Å². The predicted molar refractivity (Wildman–Crippen MR) is 69.8 cm³/mol. The Labute approximate surface area is 110 Å². The molecule has 0 aliphatic rings. The van der Waals surface area contributed by atoms with Gasteiger partial charge in [0.1, 0.15) is 5.75 Å². The number of benzene rings is 1. The van der Waals surface area contributed by atoms with Crippen molar-refractivity contribution in [1.82, 2.24) is 9.78 Å². The highest BCUT2D eigenvalue weighted by Gasteiger charge is 2.03. The summed E-state index contributed by atoms with van der Waals surface area (Å²) in [5, 5.41) is 26.2. The number of aromatic nitrogens is 2. The van der Waals surface area contributed by atoms with Crippen LogP contribution in [0.5, 0.6) is 5.75 Å². The molecule has 18 heavy (non-hydrogen) atoms. The van der Waals surface area contributed by atoms with E-state index in [1.54, 1.807) is 35.3 Å². The van der Waals surface area contributed by atoms with Gasteiger partial charge >= 0.3 is 0 Å². The quantitative estimate of drug-likeness (QED) is 0.773. The summed E-state index contributed by atoms with van der Waals surface area (Å²) in [6.45, 7) is 0.970. The minimum Gasteiger partial charge on any atom is -0.508 e. The van der Waals surface area contributed by atoms with Crippen LogP contribution in [0, 0.1) is 0 Å². The Morgan fingerprint density at radius 3 is 3.00 bits per heavy atom. The number of nitrogens with one attached hydrogen (secondary N) is 1. The number of rotatable bonds is 5. The average molecular weight is 268 g/mol. The maximum atomic E-state index is 9.65. The van der Waals surface area contributed by atoms with Gasteiger partial charge in [0.2, 0.25) is 0 Å². The average Bonchev–Trinajstić information content (AvgIpc) is 2.79. The molecule has 6 heteroatoms. The molecule has 0 aliphatic carbocycles. The highest BCUT2D eigenvalue weighted by Crippen LogP contribution is 2.22. The Hall–Kier alpha value is -1.72. The molecule has 0 radical (unpaired) electrons. The molecule has 3 N–H and O–H groups in total. The smallest absolute Gasteiger partial charge is 0.120 e. The molecule has 5 nitrogen and oxygen atoms in total. The number of halogens is 1. The van der Waals surface area contributed by atoms with Crippen molar-refractivity contribution in [3.8, 4) is 5.75 Å². The molecule has 0 bridgehead atoms. The molecule has 1 heterocycles. The zero-order valence-corrected chi connectivity index (χ0v) is 10.4. The van der Waals surface area contributed by atoms with Gasteiger partial charge < -0.3 is 15.5 Å². The minimum absolute atomic E-state index is 0.0518. The first kappa shape index (κ1) is 12.7. The summed E-state index contributed by atoms with van der Waals surface area (Å²) >= 11 is 5.86. The van der Waals surface area contributed by atoms with E-state index in [9.17, 15) is 5.11 Å². The molecule has 0 spiro atoms. The Kier molecular flexibility index (Phi) is 4.07. The first-order valence-corrected chi connectivity index (χ1v) is 5.91. The van der Waals surface area contributed by atoms with Crippen LogP contribution in [0.2, 0.25) is 5.02 Å². The van der Waals surface area contributed by atoms with Crippen LogP contribution in [0.4, 0.5) is 5.69 Å². The second kappa shape index (κ2) is 5.75. The van der Waals surface area contributed by atoms with Crippen molar-refractivity contribution in [1.29, 1.82) is 0 Å². The van der Waals surface area contributed by atoms with Crippen LogP contribution in [0.3, 0.4) is 0 Å². The van der Waals surface area contributed by atoms with Crippen molar-refractivity contribution in [2.24, 2.45) is 0 Å². The molecular weight excluding hydrogens is 254 g/mol. The van der Waals surface area contributed by atoms with Gasteiger partial charge in [-0.2, -0.15) is 5.10 Å². The van der Waals surface area contributed by atoms with E-state index in [1.165, 1.54) is 0 Å². The van der Waals surface area contributed by atoms with Gasteiger partial charge in [-0.3, -0.25) is 4.68 Å². The van der Waals surface area contributed by atoms with Gasteiger partial charge in [0.05, 0.1) is 25.0 Å². The fourth-order valence-electron chi connectivity index (χ4n) is 1.57. The summed E-state index contributed by atoms with van der Waals surface area (Å²) in [4.78, 5) is 0. The zero-order valence-electron chi connectivity index (χ0n) is 9.67. The molecular formula is C12H14ClN3O2. The van der Waals surface area contributed by atoms with Crippen LogP contribution in [0.1, 0.15) is 5.56 Å². The van der Waals surface area contributed by atoms with E-state index in [4.69, 9.17) is 16.7 Å². The molecule has 2 aromatic rings. The summed E-state index contributed by atoms with van der Waals surface area (Å²) in [7, 11) is 0. The molecule has 0 fully saturated rings. The van der Waals surface area contributed by atoms with Crippen LogP contribution in [-0.2, 0) is 13.1 Å². The van der Waals surface area contributed by atoms with Crippen molar-refractivity contribution in [3.05, 3.63) is 41.2 Å². The number of nitrogens with zero attached hydrogens (tertiary/aromatic N) is 2. The number of phenols is 1. The summed E-state index contributed by atoms with van der Waals surface area (Å²) in [6.07, 6.45) is 3.45. The summed E-state index contributed by atoms with van der Waals surface area (Å²) in [5.41, 5.74) is 1.54. The molecule has 0 saturated heterocycles. The van der Waals surface area contributed by atoms with Crippen molar-refractivity contribution < 1.29 is 10.2 Å². The number of hydrogen-bond acceptors (Lipinski definition) is 4. The normalized spacial score (nSPS) is 10.6. The number of anilines is 1. The predicted octanol–water partition coefficient (Wildman–Crippen LogP) is 1.85. The van der Waals surface area contributed by atoms with Gasteiger partial charge in [0.15, 0.2) is 0 Å². The van der Waals surface area contributed by atoms with Crippen molar-refractivity contribution in [2.75, 3.05) is 11.9 Å². The summed E-state index contributed by atoms with van der Waals surface area (Å²) < 4.78 is 1.64. The van der Waals surface area contributed by atoms with Crippen LogP contribution in [0.15, 0.2) is 30.6 Å². The Morgan fingerprint density at radius 1 is 1.39 bits per heavy atom. The third-order valence-electron chi connectivity index (χ3n) is 2.49. The SMILES string of the molecule is OCCn1cc(NCc2cc(Cl)ccc2O)cn1. The number of phenolic OH excluding ortho intramolecular Hbond substituents is 1. The largest absolute Gasteiger partial charge is 0.508 e. The first-order valence-electron chi connectivity index (χ1n) is 5.53. The Balaban J connectivity index is 1.99. The zero-order chi connectivity index (χ0) is 13.0. The van der Waals surface area contributed by atoms with Crippen molar-refractivity contribution in [3.63, 3.8) is 0 Å². The van der Waals surface area contributed by atoms with E-state index in [1.807, 2.05) is 0 Å². The van der Waals surface area contributed by atoms with Crippen LogP contribution >= 0.6 is 11.6 Å². The second-order valence-electron chi connectivity index (χ2n) is 3.84. The Bertz CT molecular complexity index is 528. The highest BCUT2D eigenvalue weighted by atomic mass is 35.5. The van der Waals surface area contributed by atoms with Crippen LogP contribution in [0.25, 0.3) is 0 Å². The highest BCUT2D eigenvalue weighted by molar-refractivity contribution is 6.30. The lowest BCUT2D eigenvalue weighted by Crippen LogP contribution is -2.02. The molecule has 0 amide bonds. The number of aliphatic hydroxyl groups is 1. The van der Waals surface area contributed by atoms with Gasteiger partial charge in [-0.05, 0) is 18.2 Å². The maximum Gasteiger partial charge on any atom is 0.120 e. The molecule has 2 rings (SSSR count). The maximum absolute atomic E-state index is 9.65. The lowest BCUT2D eigenvalue weighted by Gasteiger charge is -2.06. The van der Waals surface area contributed by atoms with E-state index in [0.29, 0.717) is 18.1 Å². The number of hydrogen-bond donors (Lipinski definition) is 3. The van der Waals surface area contributed by atoms with Gasteiger partial charge in [-0.25, -0.2) is 0 Å². The topological polar surface area (TPSA) is 70.3 Å². The lowest BCUT2D eigenvalue weighted by atomic mass is 10.2. The lowest BCUT2D eigenvalue weighted by molar-refractivity contribution is 0.269. The standard InChI is InChI=1S/C12H14ClN3O2/c13-10-1-2-12(18)9(5-10)6-14-11-7-15-16(8-11)3-4-17/h1-2,5,7-8,14,17-18H,3-4,6H2.